The molecule has 0 radical (unpaired) electrons. The van der Waals surface area contributed by atoms with Crippen molar-refractivity contribution in [1.82, 2.24) is 0 Å². The topological polar surface area (TPSA) is 63.6 Å². The second kappa shape index (κ2) is 7.13. The van der Waals surface area contributed by atoms with Crippen LogP contribution in [0.25, 0.3) is 0 Å². The number of hydrogen-bond donors (Lipinski definition) is 1. The minimum atomic E-state index is -0.829. The largest absolute Gasteiger partial charge is 0.463 e. The summed E-state index contributed by atoms with van der Waals surface area (Å²) in [5.41, 5.74) is -0.0670. The Balaban J connectivity index is 1.52. The van der Waals surface area contributed by atoms with Gasteiger partial charge in [-0.2, -0.15) is 0 Å². The zero-order valence-electron chi connectivity index (χ0n) is 16.5. The van der Waals surface area contributed by atoms with Gasteiger partial charge in [-0.05, 0) is 86.4 Å². The van der Waals surface area contributed by atoms with Crippen molar-refractivity contribution < 1.29 is 23.8 Å². The first-order valence-electron chi connectivity index (χ1n) is 10.8. The second-order valence-corrected chi connectivity index (χ2v) is 9.86. The van der Waals surface area contributed by atoms with Crippen LogP contribution < -0.4 is 0 Å². The molecule has 4 saturated carbocycles. The van der Waals surface area contributed by atoms with E-state index < -0.39 is 6.17 Å². The van der Waals surface area contributed by atoms with Gasteiger partial charge in [0, 0.05) is 12.8 Å². The number of esters is 1. The third-order valence-corrected chi connectivity index (χ3v) is 8.79. The van der Waals surface area contributed by atoms with Crippen molar-refractivity contribution in [3.8, 4) is 0 Å². The van der Waals surface area contributed by atoms with E-state index in [1.165, 1.54) is 6.92 Å². The number of aliphatic hydroxyl groups is 1. The van der Waals surface area contributed by atoms with E-state index in [0.717, 1.165) is 38.5 Å². The number of Topliss-reactive ketones (excluding diaryl/α,β-unsaturated/α-hetero) is 1. The molecule has 0 unspecified atom stereocenters. The minimum Gasteiger partial charge on any atom is -0.463 e. The summed E-state index contributed by atoms with van der Waals surface area (Å²) in [6.45, 7) is 3.28. The fourth-order valence-electron chi connectivity index (χ4n) is 7.74. The van der Waals surface area contributed by atoms with Crippen LogP contribution in [0.3, 0.4) is 0 Å². The summed E-state index contributed by atoms with van der Waals surface area (Å²) in [7, 11) is 0. The monoisotopic (exact) mass is 380 g/mol. The van der Waals surface area contributed by atoms with Gasteiger partial charge in [0.15, 0.2) is 5.78 Å². The molecule has 0 aromatic carbocycles. The molecular formula is C22H33FO4. The number of aliphatic hydroxyl groups excluding tert-OH is 1. The van der Waals surface area contributed by atoms with E-state index in [1.54, 1.807) is 0 Å². The molecule has 0 aromatic heterocycles. The van der Waals surface area contributed by atoms with Crippen LogP contribution in [0.5, 0.6) is 0 Å². The first-order chi connectivity index (χ1) is 12.8. The predicted molar refractivity (Wildman–Crippen MR) is 98.5 cm³/mol. The average molecular weight is 381 g/mol. The predicted octanol–water partition coefficient (Wildman–Crippen LogP) is 3.70. The minimum absolute atomic E-state index is 0.0185. The number of hydrogen-bond acceptors (Lipinski definition) is 4. The third kappa shape index (κ3) is 3.14. The number of alkyl halides is 1. The molecule has 0 aliphatic heterocycles. The van der Waals surface area contributed by atoms with Crippen molar-refractivity contribution in [3.63, 3.8) is 0 Å². The Morgan fingerprint density at radius 3 is 2.48 bits per heavy atom. The van der Waals surface area contributed by atoms with Gasteiger partial charge in [-0.15, -0.1) is 0 Å². The number of ether oxygens (including phenoxy) is 1. The summed E-state index contributed by atoms with van der Waals surface area (Å²) in [5.74, 6) is 1.38. The summed E-state index contributed by atoms with van der Waals surface area (Å²) >= 11 is 0. The van der Waals surface area contributed by atoms with E-state index in [9.17, 15) is 14.7 Å². The third-order valence-electron chi connectivity index (χ3n) is 8.79. The van der Waals surface area contributed by atoms with Gasteiger partial charge >= 0.3 is 5.97 Å². The van der Waals surface area contributed by atoms with Crippen LogP contribution in [0.15, 0.2) is 0 Å². The van der Waals surface area contributed by atoms with Gasteiger partial charge in [-0.25, -0.2) is 4.39 Å². The average Bonchev–Trinajstić information content (AvgIpc) is 2.98. The first kappa shape index (κ1) is 19.4. The zero-order chi connectivity index (χ0) is 19.3. The SMILES string of the molecule is CC(=O)O[C@@H]1CC[C@@H]2[C@H]3CC[C@]4(C)[C@@H](C(=O)CO)CC[C@H]4[C@@H]3C[C@H](F)[C@@H]2C1. The van der Waals surface area contributed by atoms with E-state index >= 15 is 4.39 Å². The molecule has 152 valence electrons. The lowest BCUT2D eigenvalue weighted by Gasteiger charge is -2.56. The van der Waals surface area contributed by atoms with Gasteiger partial charge in [0.2, 0.25) is 0 Å². The summed E-state index contributed by atoms with van der Waals surface area (Å²) in [6.07, 6.45) is 6.05. The Morgan fingerprint density at radius 1 is 1.04 bits per heavy atom. The second-order valence-electron chi connectivity index (χ2n) is 9.86. The number of fused-ring (bicyclic) bond motifs is 5. The lowest BCUT2D eigenvalue weighted by atomic mass is 9.49. The maximum Gasteiger partial charge on any atom is 0.302 e. The number of rotatable bonds is 3. The number of carbonyl (C=O) groups excluding carboxylic acids is 2. The smallest absolute Gasteiger partial charge is 0.302 e. The summed E-state index contributed by atoms with van der Waals surface area (Å²) in [6, 6.07) is 0. The molecule has 4 fully saturated rings. The van der Waals surface area contributed by atoms with E-state index in [1.807, 2.05) is 0 Å². The molecule has 27 heavy (non-hydrogen) atoms. The summed E-state index contributed by atoms with van der Waals surface area (Å²) < 4.78 is 20.7. The van der Waals surface area contributed by atoms with Crippen molar-refractivity contribution in [1.29, 1.82) is 0 Å². The van der Waals surface area contributed by atoms with Crippen LogP contribution in [0, 0.1) is 40.9 Å². The molecule has 0 aromatic rings. The van der Waals surface area contributed by atoms with Gasteiger partial charge in [0.1, 0.15) is 18.9 Å². The highest BCUT2D eigenvalue weighted by atomic mass is 19.1. The Morgan fingerprint density at radius 2 is 1.78 bits per heavy atom. The van der Waals surface area contributed by atoms with E-state index in [0.29, 0.717) is 36.5 Å². The number of halogens is 1. The van der Waals surface area contributed by atoms with E-state index in [-0.39, 0.29) is 41.7 Å². The molecule has 0 amide bonds. The molecule has 4 rings (SSSR count). The lowest BCUT2D eigenvalue weighted by Crippen LogP contribution is -2.53. The highest BCUT2D eigenvalue weighted by Gasteiger charge is 2.60. The Hall–Kier alpha value is -0.970. The molecule has 0 heterocycles. The molecule has 0 spiro atoms. The quantitative estimate of drug-likeness (QED) is 0.759. The van der Waals surface area contributed by atoms with Crippen LogP contribution in [0.4, 0.5) is 4.39 Å². The Labute approximate surface area is 161 Å². The molecule has 0 saturated heterocycles. The standard InChI is InChI=1S/C22H33FO4/c1-12(25)27-13-3-4-14-15-7-8-22(2)18(5-6-19(22)21(26)11-24)16(15)10-20(23)17(14)9-13/h13-20,24H,3-11H2,1-2H3/t13-,14-,15-,16-,17-,18+,19-,20+,22+/m1/s1. The summed E-state index contributed by atoms with van der Waals surface area (Å²) in [5, 5.41) is 9.37. The van der Waals surface area contributed by atoms with Crippen LogP contribution in [-0.2, 0) is 14.3 Å². The molecule has 0 bridgehead atoms. The van der Waals surface area contributed by atoms with Crippen molar-refractivity contribution in [2.24, 2.45) is 40.9 Å². The molecule has 4 aliphatic carbocycles. The Bertz CT molecular complexity index is 607. The fraction of sp³-hybridized carbons (Fsp3) is 0.909. The molecule has 9 atom stereocenters. The van der Waals surface area contributed by atoms with Crippen LogP contribution in [0.1, 0.15) is 65.2 Å². The van der Waals surface area contributed by atoms with Crippen LogP contribution >= 0.6 is 0 Å². The molecule has 1 N–H and O–H groups in total. The molecular weight excluding hydrogens is 347 g/mol. The van der Waals surface area contributed by atoms with Gasteiger partial charge in [0.25, 0.3) is 0 Å². The normalized spacial score (nSPS) is 48.9. The van der Waals surface area contributed by atoms with Crippen molar-refractivity contribution in [2.75, 3.05) is 6.61 Å². The number of ketones is 1. The van der Waals surface area contributed by atoms with Gasteiger partial charge < -0.3 is 9.84 Å². The van der Waals surface area contributed by atoms with Crippen LogP contribution in [0.2, 0.25) is 0 Å². The number of carbonyl (C=O) groups is 2. The van der Waals surface area contributed by atoms with Crippen molar-refractivity contribution >= 4 is 11.8 Å². The molecule has 5 heteroatoms. The Kier molecular flexibility index (Phi) is 5.11. The van der Waals surface area contributed by atoms with Crippen LogP contribution in [-0.4, -0.2) is 35.7 Å². The first-order valence-corrected chi connectivity index (χ1v) is 10.8. The maximum atomic E-state index is 15.3. The van der Waals surface area contributed by atoms with E-state index in [4.69, 9.17) is 4.74 Å². The highest BCUT2D eigenvalue weighted by molar-refractivity contribution is 5.83. The molecule has 4 nitrogen and oxygen atoms in total. The van der Waals surface area contributed by atoms with Gasteiger partial charge in [-0.1, -0.05) is 6.92 Å². The highest BCUT2D eigenvalue weighted by Crippen LogP contribution is 2.64. The van der Waals surface area contributed by atoms with Gasteiger partial charge in [0.05, 0.1) is 0 Å². The maximum absolute atomic E-state index is 15.3. The zero-order valence-corrected chi connectivity index (χ0v) is 16.5. The molecule has 4 aliphatic rings. The lowest BCUT2D eigenvalue weighted by molar-refractivity contribution is -0.156. The van der Waals surface area contributed by atoms with Gasteiger partial charge in [-0.3, -0.25) is 9.59 Å². The van der Waals surface area contributed by atoms with E-state index in [2.05, 4.69) is 6.92 Å². The van der Waals surface area contributed by atoms with Crippen molar-refractivity contribution in [3.05, 3.63) is 0 Å². The van der Waals surface area contributed by atoms with Crippen molar-refractivity contribution in [2.45, 2.75) is 77.5 Å². The summed E-state index contributed by atoms with van der Waals surface area (Å²) in [4.78, 5) is 23.6. The fourth-order valence-corrected chi connectivity index (χ4v) is 7.74.